The maximum Gasteiger partial charge on any atom is 0.203 e. The Bertz CT molecular complexity index is 1030. The van der Waals surface area contributed by atoms with Crippen LogP contribution in [-0.2, 0) is 0 Å². The summed E-state index contributed by atoms with van der Waals surface area (Å²) >= 11 is 4.99. The summed E-state index contributed by atoms with van der Waals surface area (Å²) in [7, 11) is 0. The van der Waals surface area contributed by atoms with Crippen molar-refractivity contribution in [1.82, 2.24) is 4.98 Å². The van der Waals surface area contributed by atoms with Crippen LogP contribution in [0.1, 0.15) is 5.56 Å². The summed E-state index contributed by atoms with van der Waals surface area (Å²) in [5.41, 5.74) is 6.14. The molecular weight excluding hydrogens is 394 g/mol. The molecule has 0 unspecified atom stereocenters. The summed E-state index contributed by atoms with van der Waals surface area (Å²) in [6.45, 7) is 0. The van der Waals surface area contributed by atoms with Gasteiger partial charge in [0, 0.05) is 21.0 Å². The molecule has 1 N–H and O–H groups in total. The minimum absolute atomic E-state index is 0.773. The van der Waals surface area contributed by atoms with Gasteiger partial charge >= 0.3 is 0 Å². The fourth-order valence-electron chi connectivity index (χ4n) is 2.60. The molecule has 0 aliphatic carbocycles. The molecule has 1 aromatic heterocycles. The lowest BCUT2D eigenvalue weighted by Crippen LogP contribution is -1.91. The number of hydrogen-bond donors (Lipinski definition) is 1. The third-order valence-electron chi connectivity index (χ3n) is 3.83. The van der Waals surface area contributed by atoms with Crippen molar-refractivity contribution in [3.63, 3.8) is 0 Å². The SMILES string of the molecule is Brc1ccc(-c2csc(N/N=C/c3cccc4ccccc34)n2)cc1. The number of nitrogens with one attached hydrogen (secondary N) is 1. The Hall–Kier alpha value is -2.50. The van der Waals surface area contributed by atoms with E-state index in [2.05, 4.69) is 55.7 Å². The van der Waals surface area contributed by atoms with Gasteiger partial charge in [0.05, 0.1) is 11.9 Å². The minimum Gasteiger partial charge on any atom is -0.253 e. The first-order valence-electron chi connectivity index (χ1n) is 7.78. The predicted octanol–water partition coefficient (Wildman–Crippen LogP) is 6.17. The monoisotopic (exact) mass is 407 g/mol. The molecule has 0 fully saturated rings. The second kappa shape index (κ2) is 7.17. The Morgan fingerprint density at radius 1 is 0.960 bits per heavy atom. The van der Waals surface area contributed by atoms with Crippen LogP contribution in [0.25, 0.3) is 22.0 Å². The first-order chi connectivity index (χ1) is 12.3. The van der Waals surface area contributed by atoms with Gasteiger partial charge in [0.25, 0.3) is 0 Å². The van der Waals surface area contributed by atoms with Crippen LogP contribution in [0, 0.1) is 0 Å². The first-order valence-corrected chi connectivity index (χ1v) is 9.45. The van der Waals surface area contributed by atoms with Crippen LogP contribution in [0.2, 0.25) is 0 Å². The summed E-state index contributed by atoms with van der Waals surface area (Å²) in [6.07, 6.45) is 1.84. The molecule has 0 atom stereocenters. The molecule has 0 aliphatic heterocycles. The second-order valence-corrected chi connectivity index (χ2v) is 7.26. The van der Waals surface area contributed by atoms with E-state index >= 15 is 0 Å². The maximum absolute atomic E-state index is 4.58. The number of rotatable bonds is 4. The molecule has 122 valence electrons. The normalized spacial score (nSPS) is 11.2. The van der Waals surface area contributed by atoms with Crippen molar-refractivity contribution in [3.8, 4) is 11.3 Å². The van der Waals surface area contributed by atoms with Gasteiger partial charge in [0.1, 0.15) is 0 Å². The van der Waals surface area contributed by atoms with Gasteiger partial charge in [-0.3, -0.25) is 5.43 Å². The lowest BCUT2D eigenvalue weighted by atomic mass is 10.1. The largest absolute Gasteiger partial charge is 0.253 e. The van der Waals surface area contributed by atoms with E-state index in [4.69, 9.17) is 0 Å². The lowest BCUT2D eigenvalue weighted by Gasteiger charge is -2.01. The van der Waals surface area contributed by atoms with Gasteiger partial charge in [0.15, 0.2) is 0 Å². The summed E-state index contributed by atoms with van der Waals surface area (Å²) in [5.74, 6) is 0. The fourth-order valence-corrected chi connectivity index (χ4v) is 3.53. The Kier molecular flexibility index (Phi) is 4.59. The molecule has 0 bridgehead atoms. The topological polar surface area (TPSA) is 37.3 Å². The molecule has 3 aromatic carbocycles. The highest BCUT2D eigenvalue weighted by Crippen LogP contribution is 2.26. The summed E-state index contributed by atoms with van der Waals surface area (Å²) in [4.78, 5) is 4.58. The molecule has 4 aromatic rings. The minimum atomic E-state index is 0.773. The maximum atomic E-state index is 4.58. The Balaban J connectivity index is 1.51. The standard InChI is InChI=1S/C20H14BrN3S/c21-17-10-8-15(9-11-17)19-13-25-20(23-19)24-22-12-16-6-3-5-14-4-1-2-7-18(14)16/h1-13H,(H,23,24)/b22-12+. The van der Waals surface area contributed by atoms with Crippen LogP contribution >= 0.6 is 27.3 Å². The van der Waals surface area contributed by atoms with Gasteiger partial charge in [0.2, 0.25) is 5.13 Å². The molecule has 5 heteroatoms. The van der Waals surface area contributed by atoms with E-state index < -0.39 is 0 Å². The number of hydrogen-bond acceptors (Lipinski definition) is 4. The predicted molar refractivity (Wildman–Crippen MR) is 110 cm³/mol. The molecule has 25 heavy (non-hydrogen) atoms. The van der Waals surface area contributed by atoms with Gasteiger partial charge < -0.3 is 0 Å². The van der Waals surface area contributed by atoms with Gasteiger partial charge in [-0.15, -0.1) is 11.3 Å². The molecule has 3 nitrogen and oxygen atoms in total. The first kappa shape index (κ1) is 16.0. The molecule has 0 saturated carbocycles. The molecule has 0 spiro atoms. The number of fused-ring (bicyclic) bond motifs is 1. The summed E-state index contributed by atoms with van der Waals surface area (Å²) in [6, 6.07) is 22.6. The van der Waals surface area contributed by atoms with Gasteiger partial charge in [-0.05, 0) is 22.9 Å². The molecular formula is C20H14BrN3S. The highest BCUT2D eigenvalue weighted by molar-refractivity contribution is 9.10. The number of benzene rings is 3. The Morgan fingerprint density at radius 3 is 2.64 bits per heavy atom. The van der Waals surface area contributed by atoms with Crippen molar-refractivity contribution in [2.24, 2.45) is 5.10 Å². The average Bonchev–Trinajstić information content (AvgIpc) is 3.11. The summed E-state index contributed by atoms with van der Waals surface area (Å²) in [5, 5.41) is 9.54. The van der Waals surface area contributed by atoms with Crippen LogP contribution in [0.3, 0.4) is 0 Å². The van der Waals surface area contributed by atoms with E-state index in [9.17, 15) is 0 Å². The van der Waals surface area contributed by atoms with Crippen LogP contribution in [0.5, 0.6) is 0 Å². The van der Waals surface area contributed by atoms with E-state index in [0.717, 1.165) is 26.4 Å². The number of halogens is 1. The highest BCUT2D eigenvalue weighted by atomic mass is 79.9. The van der Waals surface area contributed by atoms with Crippen LogP contribution in [-0.4, -0.2) is 11.2 Å². The van der Waals surface area contributed by atoms with E-state index in [0.29, 0.717) is 0 Å². The molecule has 0 amide bonds. The van der Waals surface area contributed by atoms with E-state index in [1.54, 1.807) is 0 Å². The van der Waals surface area contributed by atoms with Crippen molar-refractivity contribution >= 4 is 49.4 Å². The number of anilines is 1. The number of aromatic nitrogens is 1. The molecule has 1 heterocycles. The molecule has 0 radical (unpaired) electrons. The summed E-state index contributed by atoms with van der Waals surface area (Å²) < 4.78 is 1.06. The lowest BCUT2D eigenvalue weighted by molar-refractivity contribution is 1.29. The van der Waals surface area contributed by atoms with Crippen LogP contribution in [0.15, 0.2) is 81.7 Å². The van der Waals surface area contributed by atoms with Crippen molar-refractivity contribution in [2.75, 3.05) is 5.43 Å². The molecule has 0 saturated heterocycles. The third-order valence-corrected chi connectivity index (χ3v) is 5.11. The van der Waals surface area contributed by atoms with Gasteiger partial charge in [-0.25, -0.2) is 4.98 Å². The van der Waals surface area contributed by atoms with Crippen LogP contribution in [0.4, 0.5) is 5.13 Å². The third kappa shape index (κ3) is 3.62. The fraction of sp³-hybridized carbons (Fsp3) is 0. The van der Waals surface area contributed by atoms with E-state index in [1.165, 1.54) is 22.1 Å². The van der Waals surface area contributed by atoms with Crippen molar-refractivity contribution < 1.29 is 0 Å². The zero-order valence-corrected chi connectivity index (χ0v) is 15.6. The number of nitrogens with zero attached hydrogens (tertiary/aromatic N) is 2. The van der Waals surface area contributed by atoms with Gasteiger partial charge in [-0.1, -0.05) is 70.5 Å². The van der Waals surface area contributed by atoms with Crippen molar-refractivity contribution in [2.45, 2.75) is 0 Å². The molecule has 4 rings (SSSR count). The Labute approximate surface area is 158 Å². The molecule has 0 aliphatic rings. The zero-order valence-electron chi connectivity index (χ0n) is 13.2. The second-order valence-electron chi connectivity index (χ2n) is 5.48. The number of thiazole rings is 1. The number of hydrazone groups is 1. The smallest absolute Gasteiger partial charge is 0.203 e. The zero-order chi connectivity index (χ0) is 17.1. The average molecular weight is 408 g/mol. The van der Waals surface area contributed by atoms with Crippen LogP contribution < -0.4 is 5.43 Å². The van der Waals surface area contributed by atoms with Crippen molar-refractivity contribution in [3.05, 3.63) is 82.1 Å². The van der Waals surface area contributed by atoms with Gasteiger partial charge in [-0.2, -0.15) is 5.10 Å². The highest BCUT2D eigenvalue weighted by Gasteiger charge is 2.04. The van der Waals surface area contributed by atoms with Crippen molar-refractivity contribution in [1.29, 1.82) is 0 Å². The van der Waals surface area contributed by atoms with E-state index in [1.807, 2.05) is 54.1 Å². The van der Waals surface area contributed by atoms with E-state index in [-0.39, 0.29) is 0 Å². The quantitative estimate of drug-likeness (QED) is 0.324. The Morgan fingerprint density at radius 2 is 1.76 bits per heavy atom.